The van der Waals surface area contributed by atoms with E-state index in [4.69, 9.17) is 4.74 Å². The van der Waals surface area contributed by atoms with Crippen LogP contribution in [0, 0.1) is 0 Å². The summed E-state index contributed by atoms with van der Waals surface area (Å²) in [6, 6.07) is 7.04. The Labute approximate surface area is 131 Å². The molecule has 5 nitrogen and oxygen atoms in total. The van der Waals surface area contributed by atoms with Gasteiger partial charge in [0.2, 0.25) is 0 Å². The molecule has 0 unspecified atom stereocenters. The standard InChI is InChI=1S/C14H15F3O5S/c1-13(2,3)21-12(18)9-11(10-7-5-4-6-8-10)22-23(19,20)14(15,16)17/h4-9H,1-3H3/b11-9-. The lowest BCUT2D eigenvalue weighted by Crippen LogP contribution is -2.26. The summed E-state index contributed by atoms with van der Waals surface area (Å²) in [4.78, 5) is 11.7. The van der Waals surface area contributed by atoms with E-state index in [0.717, 1.165) is 0 Å². The van der Waals surface area contributed by atoms with Gasteiger partial charge in [0.05, 0.1) is 6.08 Å². The predicted molar refractivity (Wildman–Crippen MR) is 76.3 cm³/mol. The number of benzene rings is 1. The molecule has 1 aromatic rings. The summed E-state index contributed by atoms with van der Waals surface area (Å²) in [5, 5.41) is 0. The van der Waals surface area contributed by atoms with Crippen molar-refractivity contribution in [1.29, 1.82) is 0 Å². The number of rotatable bonds is 4. The molecule has 0 heterocycles. The monoisotopic (exact) mass is 352 g/mol. The predicted octanol–water partition coefficient (Wildman–Crippen LogP) is 3.24. The van der Waals surface area contributed by atoms with Gasteiger partial charge in [0.25, 0.3) is 0 Å². The van der Waals surface area contributed by atoms with Crippen LogP contribution in [0.25, 0.3) is 5.76 Å². The Morgan fingerprint density at radius 2 is 1.61 bits per heavy atom. The molecule has 0 aliphatic heterocycles. The molecule has 0 aromatic heterocycles. The zero-order valence-corrected chi connectivity index (χ0v) is 13.4. The first-order chi connectivity index (χ1) is 10.3. The minimum absolute atomic E-state index is 0.0221. The van der Waals surface area contributed by atoms with Gasteiger partial charge in [-0.05, 0) is 20.8 Å². The molecule has 0 atom stereocenters. The van der Waals surface area contributed by atoms with Crippen molar-refractivity contribution in [2.24, 2.45) is 0 Å². The number of esters is 1. The lowest BCUT2D eigenvalue weighted by molar-refractivity contribution is -0.148. The van der Waals surface area contributed by atoms with Gasteiger partial charge in [0.15, 0.2) is 5.76 Å². The number of hydrogen-bond acceptors (Lipinski definition) is 5. The van der Waals surface area contributed by atoms with Crippen LogP contribution in [0.2, 0.25) is 0 Å². The van der Waals surface area contributed by atoms with E-state index in [1.165, 1.54) is 24.3 Å². The SMILES string of the molecule is CC(C)(C)OC(=O)/C=C(\OS(=O)(=O)C(F)(F)F)c1ccccc1. The van der Waals surface area contributed by atoms with E-state index in [0.29, 0.717) is 6.08 Å². The van der Waals surface area contributed by atoms with E-state index in [1.807, 2.05) is 0 Å². The average molecular weight is 352 g/mol. The fourth-order valence-electron chi connectivity index (χ4n) is 1.36. The second kappa shape index (κ2) is 6.61. The first-order valence-electron chi connectivity index (χ1n) is 6.33. The third kappa shape index (κ3) is 5.93. The van der Waals surface area contributed by atoms with E-state index < -0.39 is 33.0 Å². The zero-order valence-electron chi connectivity index (χ0n) is 12.5. The maximum absolute atomic E-state index is 12.5. The van der Waals surface area contributed by atoms with E-state index >= 15 is 0 Å². The number of alkyl halides is 3. The summed E-state index contributed by atoms with van der Waals surface area (Å²) in [5.74, 6) is -1.81. The van der Waals surface area contributed by atoms with Crippen LogP contribution < -0.4 is 0 Å². The Balaban J connectivity index is 3.22. The van der Waals surface area contributed by atoms with Crippen molar-refractivity contribution in [3.8, 4) is 0 Å². The molecule has 0 bridgehead atoms. The van der Waals surface area contributed by atoms with Gasteiger partial charge in [-0.2, -0.15) is 21.6 Å². The molecule has 0 spiro atoms. The topological polar surface area (TPSA) is 69.7 Å². The normalized spacial score (nSPS) is 13.6. The Bertz CT molecular complexity index is 685. The summed E-state index contributed by atoms with van der Waals surface area (Å²) in [5.41, 5.74) is -6.54. The van der Waals surface area contributed by atoms with Gasteiger partial charge in [0, 0.05) is 5.56 Å². The first-order valence-corrected chi connectivity index (χ1v) is 7.73. The van der Waals surface area contributed by atoms with Gasteiger partial charge in [-0.15, -0.1) is 0 Å². The molecule has 128 valence electrons. The molecule has 9 heteroatoms. The van der Waals surface area contributed by atoms with E-state index in [9.17, 15) is 26.4 Å². The zero-order chi connectivity index (χ0) is 17.9. The third-order valence-electron chi connectivity index (χ3n) is 2.20. The molecule has 0 fully saturated rings. The highest BCUT2D eigenvalue weighted by Crippen LogP contribution is 2.29. The quantitative estimate of drug-likeness (QED) is 0.274. The lowest BCUT2D eigenvalue weighted by atomic mass is 10.1. The number of ether oxygens (including phenoxy) is 1. The highest BCUT2D eigenvalue weighted by atomic mass is 32.2. The molecule has 23 heavy (non-hydrogen) atoms. The second-order valence-corrected chi connectivity index (χ2v) is 6.93. The van der Waals surface area contributed by atoms with Crippen LogP contribution in [0.5, 0.6) is 0 Å². The molecule has 0 N–H and O–H groups in total. The van der Waals surface area contributed by atoms with Crippen LogP contribution in [0.3, 0.4) is 0 Å². The molecule has 1 aromatic carbocycles. The third-order valence-corrected chi connectivity index (χ3v) is 3.16. The molecule has 0 aliphatic rings. The van der Waals surface area contributed by atoms with Crippen molar-refractivity contribution >= 4 is 21.8 Å². The highest BCUT2D eigenvalue weighted by Gasteiger charge is 2.49. The Morgan fingerprint density at radius 3 is 2.04 bits per heavy atom. The van der Waals surface area contributed by atoms with Crippen LogP contribution in [0.4, 0.5) is 13.2 Å². The number of hydrogen-bond donors (Lipinski definition) is 0. The molecule has 0 aliphatic carbocycles. The van der Waals surface area contributed by atoms with Gasteiger partial charge >= 0.3 is 21.6 Å². The van der Waals surface area contributed by atoms with Crippen LogP contribution in [0.15, 0.2) is 36.4 Å². The minimum Gasteiger partial charge on any atom is -0.457 e. The van der Waals surface area contributed by atoms with Gasteiger partial charge in [-0.25, -0.2) is 4.79 Å². The molecule has 0 saturated heterocycles. The van der Waals surface area contributed by atoms with E-state index in [-0.39, 0.29) is 5.56 Å². The van der Waals surface area contributed by atoms with Crippen LogP contribution in [-0.4, -0.2) is 25.5 Å². The van der Waals surface area contributed by atoms with Crippen molar-refractivity contribution in [2.45, 2.75) is 31.9 Å². The molecule has 1 rings (SSSR count). The molecular formula is C14H15F3O5S. The number of halogens is 3. The number of carbonyl (C=O) groups excluding carboxylic acids is 1. The highest BCUT2D eigenvalue weighted by molar-refractivity contribution is 7.87. The second-order valence-electron chi connectivity index (χ2n) is 5.39. The van der Waals surface area contributed by atoms with Gasteiger partial charge in [0.1, 0.15) is 5.60 Å². The lowest BCUT2D eigenvalue weighted by Gasteiger charge is -2.19. The van der Waals surface area contributed by atoms with Gasteiger partial charge in [-0.1, -0.05) is 30.3 Å². The Kier molecular flexibility index (Phi) is 5.47. The van der Waals surface area contributed by atoms with Crippen LogP contribution in [-0.2, 0) is 23.8 Å². The molecule has 0 saturated carbocycles. The average Bonchev–Trinajstić information content (AvgIpc) is 2.35. The Morgan fingerprint density at radius 1 is 1.09 bits per heavy atom. The summed E-state index contributed by atoms with van der Waals surface area (Å²) in [7, 11) is -5.91. The smallest absolute Gasteiger partial charge is 0.457 e. The fraction of sp³-hybridized carbons (Fsp3) is 0.357. The van der Waals surface area contributed by atoms with E-state index in [1.54, 1.807) is 26.8 Å². The minimum atomic E-state index is -5.91. The first kappa shape index (κ1) is 19.0. The number of carbonyl (C=O) groups is 1. The van der Waals surface area contributed by atoms with Crippen LogP contribution >= 0.6 is 0 Å². The summed E-state index contributed by atoms with van der Waals surface area (Å²) >= 11 is 0. The largest absolute Gasteiger partial charge is 0.534 e. The molecule has 0 radical (unpaired) electrons. The maximum Gasteiger partial charge on any atom is 0.534 e. The van der Waals surface area contributed by atoms with Crippen molar-refractivity contribution < 1.29 is 35.3 Å². The summed E-state index contributed by atoms with van der Waals surface area (Å²) in [6.07, 6.45) is 0.559. The van der Waals surface area contributed by atoms with E-state index in [2.05, 4.69) is 4.18 Å². The molecular weight excluding hydrogens is 337 g/mol. The van der Waals surface area contributed by atoms with Crippen molar-refractivity contribution in [1.82, 2.24) is 0 Å². The maximum atomic E-state index is 12.5. The van der Waals surface area contributed by atoms with Gasteiger partial charge in [-0.3, -0.25) is 0 Å². The van der Waals surface area contributed by atoms with Crippen molar-refractivity contribution in [3.05, 3.63) is 42.0 Å². The van der Waals surface area contributed by atoms with Crippen LogP contribution in [0.1, 0.15) is 26.3 Å². The Hall–Kier alpha value is -2.03. The molecule has 0 amide bonds. The van der Waals surface area contributed by atoms with Crippen molar-refractivity contribution in [2.75, 3.05) is 0 Å². The fourth-order valence-corrected chi connectivity index (χ4v) is 1.84. The summed E-state index contributed by atoms with van der Waals surface area (Å²) in [6.45, 7) is 4.65. The van der Waals surface area contributed by atoms with Crippen molar-refractivity contribution in [3.63, 3.8) is 0 Å². The summed E-state index contributed by atoms with van der Waals surface area (Å²) < 4.78 is 68.7. The van der Waals surface area contributed by atoms with Gasteiger partial charge < -0.3 is 8.92 Å².